The van der Waals surface area contributed by atoms with Gasteiger partial charge in [0.05, 0.1) is 5.52 Å². The van der Waals surface area contributed by atoms with E-state index in [1.54, 1.807) is 17.0 Å². The number of nitrogens with zero attached hydrogens (tertiary/aromatic N) is 6. The third kappa shape index (κ3) is 5.35. The van der Waals surface area contributed by atoms with Gasteiger partial charge in [-0.05, 0) is 77.0 Å². The third-order valence-corrected chi connectivity index (χ3v) is 7.49. The van der Waals surface area contributed by atoms with E-state index >= 15 is 0 Å². The monoisotopic (exact) mass is 607 g/mol. The summed E-state index contributed by atoms with van der Waals surface area (Å²) in [7, 11) is 0. The Bertz CT molecular complexity index is 1650. The van der Waals surface area contributed by atoms with Crippen LogP contribution in [0.5, 0.6) is 0 Å². The van der Waals surface area contributed by atoms with Gasteiger partial charge in [0.2, 0.25) is 11.8 Å². The van der Waals surface area contributed by atoms with E-state index < -0.39 is 12.1 Å². The van der Waals surface area contributed by atoms with E-state index in [-0.39, 0.29) is 35.8 Å². The molecule has 10 nitrogen and oxygen atoms in total. The lowest BCUT2D eigenvalue weighted by Gasteiger charge is -2.24. The average Bonchev–Trinajstić information content (AvgIpc) is 3.48. The largest absolute Gasteiger partial charge is 0.329 e. The number of hydrogen-bond donors (Lipinski definition) is 1. The SMILES string of the molecule is CC(=O)c1nn(CC(=O)N2CC(C)CC2C(=O)Nc2nc(Br)ccc2C)c2c(C)cc(-c3cnc(F)nc3)cc12. The standard InChI is InChI=1S/C28H27BrFN7O3/c1-14-7-21(27(40)34-26-15(2)5-6-22(29)33-26)36(12-14)23(39)13-37-25-16(3)8-18(19-10-31-28(30)32-11-19)9-20(25)24(35-37)17(4)38/h5-6,8-11,14,21H,7,12-13H2,1-4H3,(H,33,34,40). The van der Waals surface area contributed by atoms with Crippen LogP contribution in [0.2, 0.25) is 0 Å². The maximum Gasteiger partial charge on any atom is 0.308 e. The Hall–Kier alpha value is -4.06. The van der Waals surface area contributed by atoms with Crippen LogP contribution in [-0.2, 0) is 16.1 Å². The Morgan fingerprint density at radius 1 is 1.10 bits per heavy atom. The molecule has 1 saturated heterocycles. The summed E-state index contributed by atoms with van der Waals surface area (Å²) in [4.78, 5) is 52.6. The molecule has 0 saturated carbocycles. The van der Waals surface area contributed by atoms with Crippen molar-refractivity contribution in [2.45, 2.75) is 46.7 Å². The summed E-state index contributed by atoms with van der Waals surface area (Å²) in [5.41, 5.74) is 3.70. The van der Waals surface area contributed by atoms with E-state index in [9.17, 15) is 18.8 Å². The minimum absolute atomic E-state index is 0.126. The van der Waals surface area contributed by atoms with E-state index in [0.717, 1.165) is 11.1 Å². The van der Waals surface area contributed by atoms with Gasteiger partial charge in [0.15, 0.2) is 5.78 Å². The Kier molecular flexibility index (Phi) is 7.45. The number of Topliss-reactive ketones (excluding diaryl/α,β-unsaturated/α-hetero) is 1. The smallest absolute Gasteiger partial charge is 0.308 e. The lowest BCUT2D eigenvalue weighted by atomic mass is 10.0. The number of hydrogen-bond acceptors (Lipinski definition) is 7. The fourth-order valence-corrected chi connectivity index (χ4v) is 5.46. The van der Waals surface area contributed by atoms with Crippen LogP contribution in [0, 0.1) is 25.8 Å². The Labute approximate surface area is 238 Å². The predicted octanol–water partition coefficient (Wildman–Crippen LogP) is 4.49. The second kappa shape index (κ2) is 10.8. The zero-order chi connectivity index (χ0) is 28.7. The van der Waals surface area contributed by atoms with Gasteiger partial charge in [-0.15, -0.1) is 0 Å². The molecule has 40 heavy (non-hydrogen) atoms. The number of halogens is 2. The van der Waals surface area contributed by atoms with Gasteiger partial charge >= 0.3 is 6.08 Å². The number of benzene rings is 1. The van der Waals surface area contributed by atoms with Crippen molar-refractivity contribution in [2.75, 3.05) is 11.9 Å². The van der Waals surface area contributed by atoms with Crippen LogP contribution in [0.15, 0.2) is 41.3 Å². The number of carbonyl (C=O) groups excluding carboxylic acids is 3. The number of carbonyl (C=O) groups is 3. The molecular formula is C28H27BrFN7O3. The first kappa shape index (κ1) is 27.5. The molecule has 1 N–H and O–H groups in total. The first-order chi connectivity index (χ1) is 19.0. The molecule has 1 aliphatic rings. The molecule has 0 spiro atoms. The highest BCUT2D eigenvalue weighted by molar-refractivity contribution is 9.10. The highest BCUT2D eigenvalue weighted by Crippen LogP contribution is 2.31. The second-order valence-corrected chi connectivity index (χ2v) is 11.0. The van der Waals surface area contributed by atoms with E-state index in [1.165, 1.54) is 24.0 Å². The lowest BCUT2D eigenvalue weighted by Crippen LogP contribution is -2.44. The molecule has 0 radical (unpaired) electrons. The maximum atomic E-state index is 13.6. The summed E-state index contributed by atoms with van der Waals surface area (Å²) >= 11 is 3.33. The normalized spacial score (nSPS) is 16.9. The number of likely N-dealkylation sites (tertiary alicyclic amines) is 1. The maximum absolute atomic E-state index is 13.6. The molecule has 4 heterocycles. The van der Waals surface area contributed by atoms with Crippen molar-refractivity contribution in [1.82, 2.24) is 29.6 Å². The van der Waals surface area contributed by atoms with Crippen LogP contribution < -0.4 is 5.32 Å². The number of aromatic nitrogens is 5. The van der Waals surface area contributed by atoms with Crippen LogP contribution in [0.3, 0.4) is 0 Å². The molecule has 2 atom stereocenters. The average molecular weight is 608 g/mol. The van der Waals surface area contributed by atoms with Gasteiger partial charge in [0.25, 0.3) is 0 Å². The summed E-state index contributed by atoms with van der Waals surface area (Å²) in [6.07, 6.45) is 2.43. The molecule has 3 aromatic heterocycles. The second-order valence-electron chi connectivity index (χ2n) is 10.2. The van der Waals surface area contributed by atoms with Crippen LogP contribution >= 0.6 is 15.9 Å². The number of nitrogens with one attached hydrogen (secondary N) is 1. The fraction of sp³-hybridized carbons (Fsp3) is 0.321. The van der Waals surface area contributed by atoms with Crippen LogP contribution in [0.1, 0.15) is 41.9 Å². The molecule has 2 amide bonds. The minimum Gasteiger partial charge on any atom is -0.329 e. The molecule has 206 valence electrons. The zero-order valence-corrected chi connectivity index (χ0v) is 24.0. The van der Waals surface area contributed by atoms with Gasteiger partial charge in [-0.2, -0.15) is 9.49 Å². The molecule has 1 aliphatic heterocycles. The van der Waals surface area contributed by atoms with E-state index in [4.69, 9.17) is 0 Å². The van der Waals surface area contributed by atoms with Crippen molar-refractivity contribution in [3.63, 3.8) is 0 Å². The molecule has 5 rings (SSSR count). The number of ketones is 1. The summed E-state index contributed by atoms with van der Waals surface area (Å²) in [6, 6.07) is 6.60. The highest BCUT2D eigenvalue weighted by atomic mass is 79.9. The number of amides is 2. The van der Waals surface area contributed by atoms with Gasteiger partial charge in [0.1, 0.15) is 28.7 Å². The molecule has 1 fully saturated rings. The van der Waals surface area contributed by atoms with E-state index in [2.05, 4.69) is 41.3 Å². The Balaban J connectivity index is 1.45. The molecule has 1 aromatic carbocycles. The number of aryl methyl sites for hydroxylation is 2. The van der Waals surface area contributed by atoms with Crippen LogP contribution in [0.25, 0.3) is 22.0 Å². The quantitative estimate of drug-likeness (QED) is 0.195. The molecule has 0 bridgehead atoms. The zero-order valence-electron chi connectivity index (χ0n) is 22.4. The summed E-state index contributed by atoms with van der Waals surface area (Å²) in [6.45, 7) is 7.39. The molecular weight excluding hydrogens is 581 g/mol. The molecule has 0 aliphatic carbocycles. The van der Waals surface area contributed by atoms with Crippen molar-refractivity contribution in [3.05, 3.63) is 64.2 Å². The molecule has 12 heteroatoms. The third-order valence-electron chi connectivity index (χ3n) is 7.04. The topological polar surface area (TPSA) is 123 Å². The van der Waals surface area contributed by atoms with Gasteiger partial charge in [0, 0.05) is 36.8 Å². The summed E-state index contributed by atoms with van der Waals surface area (Å²) < 4.78 is 15.4. The lowest BCUT2D eigenvalue weighted by molar-refractivity contribution is -0.137. The minimum atomic E-state index is -0.830. The number of rotatable bonds is 6. The summed E-state index contributed by atoms with van der Waals surface area (Å²) in [5.74, 6) is -0.275. The van der Waals surface area contributed by atoms with Crippen molar-refractivity contribution >= 4 is 50.2 Å². The Morgan fingerprint density at radius 3 is 2.52 bits per heavy atom. The van der Waals surface area contributed by atoms with Crippen molar-refractivity contribution in [3.8, 4) is 11.1 Å². The van der Waals surface area contributed by atoms with Crippen LogP contribution in [-0.4, -0.2) is 59.8 Å². The van der Waals surface area contributed by atoms with Crippen molar-refractivity contribution in [2.24, 2.45) is 5.92 Å². The fourth-order valence-electron chi connectivity index (χ4n) is 5.15. The van der Waals surface area contributed by atoms with Gasteiger partial charge in [-0.25, -0.2) is 15.0 Å². The van der Waals surface area contributed by atoms with Crippen LogP contribution in [0.4, 0.5) is 10.2 Å². The van der Waals surface area contributed by atoms with Gasteiger partial charge in [-0.3, -0.25) is 19.1 Å². The number of fused-ring (bicyclic) bond motifs is 1. The van der Waals surface area contributed by atoms with Gasteiger partial charge in [-0.1, -0.05) is 13.0 Å². The molecule has 4 aromatic rings. The van der Waals surface area contributed by atoms with E-state index in [1.807, 2.05) is 32.9 Å². The van der Waals surface area contributed by atoms with Gasteiger partial charge < -0.3 is 10.2 Å². The number of pyridine rings is 1. The molecule has 2 unspecified atom stereocenters. The van der Waals surface area contributed by atoms with E-state index in [0.29, 0.717) is 45.4 Å². The first-order valence-electron chi connectivity index (χ1n) is 12.7. The van der Waals surface area contributed by atoms with Crippen molar-refractivity contribution in [1.29, 1.82) is 0 Å². The highest BCUT2D eigenvalue weighted by Gasteiger charge is 2.38. The Morgan fingerprint density at radius 2 is 1.82 bits per heavy atom. The van der Waals surface area contributed by atoms with Crippen molar-refractivity contribution < 1.29 is 18.8 Å². The first-order valence-corrected chi connectivity index (χ1v) is 13.5. The predicted molar refractivity (Wildman–Crippen MR) is 150 cm³/mol. The summed E-state index contributed by atoms with van der Waals surface area (Å²) in [5, 5.41) is 7.94. The number of anilines is 1.